The number of carbonyl (C=O) groups excluding carboxylic acids is 2. The number of hydrogen-bond acceptors (Lipinski definition) is 4. The normalized spacial score (nSPS) is 11.4. The molecule has 0 saturated carbocycles. The Labute approximate surface area is 260 Å². The number of hydrogen-bond donors (Lipinski definition) is 0. The zero-order valence-corrected chi connectivity index (χ0v) is 28.5. The lowest BCUT2D eigenvalue weighted by atomic mass is 10.1. The minimum Gasteiger partial charge on any atom is -0.340 e. The van der Waals surface area contributed by atoms with E-state index in [9.17, 15) is 9.59 Å². The molecule has 1 rings (SSSR count). The van der Waals surface area contributed by atoms with Gasteiger partial charge in [0.05, 0.1) is 0 Å². The van der Waals surface area contributed by atoms with Crippen molar-refractivity contribution in [3.05, 3.63) is 35.4 Å². The summed E-state index contributed by atoms with van der Waals surface area (Å²) in [5, 5.41) is 0. The summed E-state index contributed by atoms with van der Waals surface area (Å²) in [6.07, 6.45) is 21.3. The summed E-state index contributed by atoms with van der Waals surface area (Å²) in [4.78, 5) is 34.1. The van der Waals surface area contributed by atoms with Crippen LogP contribution in [0.4, 0.5) is 0 Å². The average molecular weight is 587 g/mol. The Morgan fingerprint density at radius 2 is 0.714 bits per heavy atom. The number of unbranched alkanes of at least 4 members (excludes halogenated alkanes) is 14. The molecule has 0 heterocycles. The maximum absolute atomic E-state index is 12.9. The number of amides is 2. The highest BCUT2D eigenvalue weighted by molar-refractivity contribution is 5.97. The first kappa shape index (κ1) is 38.1. The smallest absolute Gasteiger partial charge is 0.253 e. The monoisotopic (exact) mass is 587 g/mol. The molecule has 42 heavy (non-hydrogen) atoms. The van der Waals surface area contributed by atoms with Gasteiger partial charge in [0, 0.05) is 51.4 Å². The van der Waals surface area contributed by atoms with Crippen LogP contribution in [-0.2, 0) is 0 Å². The quantitative estimate of drug-likeness (QED) is 0.103. The van der Waals surface area contributed by atoms with Gasteiger partial charge in [-0.15, -0.1) is 0 Å². The van der Waals surface area contributed by atoms with E-state index in [1.54, 1.807) is 34.1 Å². The van der Waals surface area contributed by atoms with E-state index in [1.165, 1.54) is 103 Å². The maximum Gasteiger partial charge on any atom is 0.253 e. The third kappa shape index (κ3) is 17.9. The lowest BCUT2D eigenvalue weighted by Crippen LogP contribution is -2.35. The van der Waals surface area contributed by atoms with E-state index < -0.39 is 0 Å². The minimum absolute atomic E-state index is 0.00502. The van der Waals surface area contributed by atoms with Crippen LogP contribution in [0.3, 0.4) is 0 Å². The Morgan fingerprint density at radius 3 is 1.02 bits per heavy atom. The molecule has 0 unspecified atom stereocenters. The molecule has 6 heteroatoms. The Hall–Kier alpha value is -1.92. The summed E-state index contributed by atoms with van der Waals surface area (Å²) in [6.45, 7) is 9.81. The molecule has 0 spiro atoms. The zero-order chi connectivity index (χ0) is 31.0. The molecule has 0 aliphatic rings. The maximum atomic E-state index is 12.9. The topological polar surface area (TPSA) is 47.1 Å². The molecule has 0 atom stereocenters. The van der Waals surface area contributed by atoms with Crippen molar-refractivity contribution in [1.29, 1.82) is 0 Å². The molecule has 2 amide bonds. The highest BCUT2D eigenvalue weighted by atomic mass is 16.2. The Kier molecular flexibility index (Phi) is 22.2. The van der Waals surface area contributed by atoms with Crippen molar-refractivity contribution in [3.63, 3.8) is 0 Å². The second-order valence-electron chi connectivity index (χ2n) is 12.6. The van der Waals surface area contributed by atoms with Crippen molar-refractivity contribution in [2.24, 2.45) is 0 Å². The first-order valence-corrected chi connectivity index (χ1v) is 17.3. The predicted molar refractivity (Wildman–Crippen MR) is 181 cm³/mol. The van der Waals surface area contributed by atoms with Crippen LogP contribution in [0.25, 0.3) is 0 Å². The van der Waals surface area contributed by atoms with Gasteiger partial charge in [-0.2, -0.15) is 0 Å². The summed E-state index contributed by atoms with van der Waals surface area (Å²) < 4.78 is 0. The average Bonchev–Trinajstić information content (AvgIpc) is 3.00. The first-order valence-electron chi connectivity index (χ1n) is 17.3. The van der Waals surface area contributed by atoms with Crippen molar-refractivity contribution in [2.75, 3.05) is 67.5 Å². The van der Waals surface area contributed by atoms with E-state index in [-0.39, 0.29) is 11.8 Å². The van der Waals surface area contributed by atoms with Gasteiger partial charge in [-0.3, -0.25) is 9.59 Å². The van der Waals surface area contributed by atoms with E-state index >= 15 is 0 Å². The van der Waals surface area contributed by atoms with Gasteiger partial charge in [-0.25, -0.2) is 0 Å². The Balaban J connectivity index is 2.28. The molecule has 1 aromatic rings. The molecule has 0 bridgehead atoms. The van der Waals surface area contributed by atoms with Gasteiger partial charge < -0.3 is 19.6 Å². The molecule has 0 fully saturated rings. The second kappa shape index (κ2) is 24.5. The van der Waals surface area contributed by atoms with Crippen molar-refractivity contribution in [3.8, 4) is 0 Å². The molecular weight excluding hydrogens is 520 g/mol. The fourth-order valence-electron chi connectivity index (χ4n) is 5.30. The second-order valence-corrected chi connectivity index (χ2v) is 12.6. The molecule has 0 aliphatic carbocycles. The van der Waals surface area contributed by atoms with Crippen LogP contribution < -0.4 is 0 Å². The van der Waals surface area contributed by atoms with Gasteiger partial charge in [0.2, 0.25) is 0 Å². The van der Waals surface area contributed by atoms with Crippen LogP contribution in [0.5, 0.6) is 0 Å². The molecule has 242 valence electrons. The number of benzene rings is 1. The largest absolute Gasteiger partial charge is 0.340 e. The number of rotatable bonds is 26. The van der Waals surface area contributed by atoms with Crippen LogP contribution in [0, 0.1) is 0 Å². The van der Waals surface area contributed by atoms with E-state index in [1.807, 2.05) is 14.1 Å². The highest BCUT2D eigenvalue weighted by Gasteiger charge is 2.16. The lowest BCUT2D eigenvalue weighted by molar-refractivity contribution is 0.0770. The Bertz CT molecular complexity index is 746. The highest BCUT2D eigenvalue weighted by Crippen LogP contribution is 2.12. The van der Waals surface area contributed by atoms with Crippen LogP contribution in [0.15, 0.2) is 24.3 Å². The van der Waals surface area contributed by atoms with Gasteiger partial charge in [0.1, 0.15) is 0 Å². The third-order valence-electron chi connectivity index (χ3n) is 8.49. The lowest BCUT2D eigenvalue weighted by Gasteiger charge is -2.23. The van der Waals surface area contributed by atoms with Gasteiger partial charge in [-0.1, -0.05) is 104 Å². The molecule has 6 nitrogen and oxygen atoms in total. The van der Waals surface area contributed by atoms with Gasteiger partial charge >= 0.3 is 0 Å². The van der Waals surface area contributed by atoms with E-state index in [0.29, 0.717) is 24.2 Å². The van der Waals surface area contributed by atoms with Crippen molar-refractivity contribution < 1.29 is 9.59 Å². The summed E-state index contributed by atoms with van der Waals surface area (Å²) in [5.41, 5.74) is 1.26. The molecular formula is C36H66N4O2. The summed E-state index contributed by atoms with van der Waals surface area (Å²) >= 11 is 0. The van der Waals surface area contributed by atoms with Gasteiger partial charge in [0.25, 0.3) is 11.8 Å². The van der Waals surface area contributed by atoms with E-state index in [2.05, 4.69) is 37.7 Å². The van der Waals surface area contributed by atoms with E-state index in [4.69, 9.17) is 0 Å². The molecule has 0 N–H and O–H groups in total. The third-order valence-corrected chi connectivity index (χ3v) is 8.49. The van der Waals surface area contributed by atoms with Crippen LogP contribution >= 0.6 is 0 Å². The summed E-state index contributed by atoms with van der Waals surface area (Å²) in [5.74, 6) is 0.0100. The van der Waals surface area contributed by atoms with Gasteiger partial charge in [0.15, 0.2) is 0 Å². The van der Waals surface area contributed by atoms with Gasteiger partial charge in [-0.05, 0) is 64.3 Å². The molecule has 0 saturated heterocycles. The number of likely N-dealkylation sites (N-methyl/N-ethyl adjacent to an activating group) is 4. The van der Waals surface area contributed by atoms with E-state index in [0.717, 1.165) is 26.2 Å². The Morgan fingerprint density at radius 1 is 0.429 bits per heavy atom. The molecule has 1 aromatic carbocycles. The van der Waals surface area contributed by atoms with Crippen molar-refractivity contribution in [2.45, 2.75) is 117 Å². The number of carbonyl (C=O) groups is 2. The first-order chi connectivity index (χ1) is 20.3. The number of nitrogens with zero attached hydrogens (tertiary/aromatic N) is 4. The molecule has 0 aliphatic heterocycles. The minimum atomic E-state index is 0.00502. The predicted octanol–water partition coefficient (Wildman–Crippen LogP) is 7.98. The molecule has 0 radical (unpaired) electrons. The van der Waals surface area contributed by atoms with Crippen LogP contribution in [0.1, 0.15) is 137 Å². The van der Waals surface area contributed by atoms with Crippen LogP contribution in [-0.4, -0.2) is 98.9 Å². The standard InChI is InChI=1S/C36H66N4O2/c1-7-9-11-13-15-17-19-21-27-37(3)29-31-39(5)35(41)33-23-25-34(26-24-33)36(42)40(6)32-30-38(4)28-22-20-18-16-14-12-10-8-2/h23-26H,7-22,27-32H2,1-6H3. The molecule has 0 aromatic heterocycles. The van der Waals surface area contributed by atoms with Crippen molar-refractivity contribution >= 4 is 11.8 Å². The fourth-order valence-corrected chi connectivity index (χ4v) is 5.30. The zero-order valence-electron chi connectivity index (χ0n) is 28.5. The van der Waals surface area contributed by atoms with Crippen molar-refractivity contribution in [1.82, 2.24) is 19.6 Å². The fraction of sp³-hybridized carbons (Fsp3) is 0.778. The summed E-state index contributed by atoms with van der Waals surface area (Å²) in [6, 6.07) is 7.16. The SMILES string of the molecule is CCCCCCCCCCN(C)CCN(C)C(=O)c1ccc(C(=O)N(C)CCN(C)CCCCCCCCCC)cc1. The summed E-state index contributed by atoms with van der Waals surface area (Å²) in [7, 11) is 8.02. The van der Waals surface area contributed by atoms with Crippen LogP contribution in [0.2, 0.25) is 0 Å².